The molecule has 0 spiro atoms. The number of nitrogens with one attached hydrogen (secondary N) is 2. The number of H-pyrrole nitrogens is 1. The van der Waals surface area contributed by atoms with Gasteiger partial charge in [-0.25, -0.2) is 0 Å². The molecule has 2 saturated carbocycles. The van der Waals surface area contributed by atoms with Crippen LogP contribution in [0.4, 0.5) is 11.4 Å². The van der Waals surface area contributed by atoms with Crippen molar-refractivity contribution in [3.05, 3.63) is 110 Å². The third-order valence-corrected chi connectivity index (χ3v) is 13.9. The average molecular weight is 769 g/mol. The van der Waals surface area contributed by atoms with Gasteiger partial charge >= 0.3 is 4.87 Å². The van der Waals surface area contributed by atoms with Gasteiger partial charge in [0.05, 0.1) is 29.7 Å². The van der Waals surface area contributed by atoms with Gasteiger partial charge < -0.3 is 19.8 Å². The first-order valence-corrected chi connectivity index (χ1v) is 18.9. The molecule has 7 atom stereocenters. The predicted molar refractivity (Wildman–Crippen MR) is 196 cm³/mol. The first-order chi connectivity index (χ1) is 24.3. The van der Waals surface area contributed by atoms with Crippen molar-refractivity contribution in [1.29, 1.82) is 0 Å². The van der Waals surface area contributed by atoms with E-state index in [1.807, 2.05) is 66.7 Å². The summed E-state index contributed by atoms with van der Waals surface area (Å²) < 4.78 is 12.6. The first kappa shape index (κ1) is 31.6. The fourth-order valence-corrected chi connectivity index (χ4v) is 12.0. The van der Waals surface area contributed by atoms with Crippen LogP contribution in [0.3, 0.4) is 0 Å². The van der Waals surface area contributed by atoms with Crippen molar-refractivity contribution < 1.29 is 23.9 Å². The van der Waals surface area contributed by atoms with E-state index >= 15 is 0 Å². The van der Waals surface area contributed by atoms with E-state index in [1.54, 1.807) is 37.1 Å². The molecule has 4 aromatic carbocycles. The highest BCUT2D eigenvalue weighted by Gasteiger charge is 2.69. The van der Waals surface area contributed by atoms with Gasteiger partial charge in [0, 0.05) is 26.2 Å². The zero-order chi connectivity index (χ0) is 34.3. The van der Waals surface area contributed by atoms with E-state index in [2.05, 4.69) is 26.2 Å². The summed E-state index contributed by atoms with van der Waals surface area (Å²) in [5, 5.41) is 5.91. The zero-order valence-electron chi connectivity index (χ0n) is 26.6. The number of fused-ring (bicyclic) bond motifs is 10. The maximum absolute atomic E-state index is 14.0. The summed E-state index contributed by atoms with van der Waals surface area (Å²) in [7, 11) is 1.56. The fourth-order valence-electron chi connectivity index (χ4n) is 8.84. The largest absolute Gasteiger partial charge is 0.493 e. The SMILES string of the molecule is COc1cc([C@H]2c3sc(=O)[nH]c3SC3C2[C@H]2C[C@@H]3C3C(=O)N(c4ccc(Br)cc4)C(=O)C32)ccc1OCC(=O)Nc1ccc2ccccc2c1. The van der Waals surface area contributed by atoms with Gasteiger partial charge in [-0.05, 0) is 89.0 Å². The molecule has 3 fully saturated rings. The van der Waals surface area contributed by atoms with E-state index in [1.165, 1.54) is 16.2 Å². The Balaban J connectivity index is 0.990. The summed E-state index contributed by atoms with van der Waals surface area (Å²) >= 11 is 6.30. The van der Waals surface area contributed by atoms with Crippen molar-refractivity contribution >= 4 is 78.9 Å². The lowest BCUT2D eigenvalue weighted by atomic mass is 9.68. The standard InChI is InChI=1S/C38H30BrN3O6S2/c1-47-27-15-20(7-13-26(27)48-17-28(43)40-22-10-6-18-4-2-3-5-19(18)14-22)29-30-24-16-25(33(30)49-35-34(29)50-38(46)41-35)32-31(24)36(44)42(37(32)45)23-11-8-21(39)9-12-23/h2-15,24-25,29-33H,16-17H2,1H3,(H,40,43)(H,41,46)/t24-,25-,29-,30?,31?,32?,33?/m1/s1. The maximum atomic E-state index is 14.0. The van der Waals surface area contributed by atoms with Crippen LogP contribution in [-0.2, 0) is 14.4 Å². The van der Waals surface area contributed by atoms with Crippen LogP contribution < -0.4 is 24.6 Å². The smallest absolute Gasteiger partial charge is 0.305 e. The second-order valence-electron chi connectivity index (χ2n) is 13.3. The van der Waals surface area contributed by atoms with Crippen molar-refractivity contribution in [3.8, 4) is 11.5 Å². The third kappa shape index (κ3) is 5.02. The van der Waals surface area contributed by atoms with Crippen LogP contribution in [0.25, 0.3) is 10.8 Å². The normalized spacial score (nSPS) is 26.1. The number of anilines is 2. The molecule has 1 aromatic heterocycles. The van der Waals surface area contributed by atoms with Gasteiger partial charge in [-0.1, -0.05) is 63.7 Å². The number of rotatable bonds is 7. The molecule has 2 bridgehead atoms. The molecule has 5 aromatic rings. The third-order valence-electron chi connectivity index (χ3n) is 10.7. The molecular weight excluding hydrogens is 738 g/mol. The van der Waals surface area contributed by atoms with E-state index in [9.17, 15) is 19.2 Å². The van der Waals surface area contributed by atoms with E-state index in [-0.39, 0.29) is 64.0 Å². The van der Waals surface area contributed by atoms with Crippen molar-refractivity contribution in [2.45, 2.75) is 22.6 Å². The number of amides is 3. The molecule has 4 unspecified atom stereocenters. The lowest BCUT2D eigenvalue weighted by Crippen LogP contribution is -2.42. The number of imide groups is 1. The number of aromatic amines is 1. The van der Waals surface area contributed by atoms with Crippen LogP contribution in [0.15, 0.2) is 99.2 Å². The van der Waals surface area contributed by atoms with Gasteiger partial charge in [0.2, 0.25) is 11.8 Å². The van der Waals surface area contributed by atoms with E-state index < -0.39 is 5.92 Å². The van der Waals surface area contributed by atoms with Crippen LogP contribution in [0, 0.1) is 29.6 Å². The molecule has 12 heteroatoms. The Morgan fingerprint density at radius 3 is 2.46 bits per heavy atom. The molecule has 9 rings (SSSR count). The van der Waals surface area contributed by atoms with Crippen molar-refractivity contribution in [2.24, 2.45) is 29.6 Å². The molecule has 2 N–H and O–H groups in total. The molecule has 2 aliphatic heterocycles. The van der Waals surface area contributed by atoms with Crippen molar-refractivity contribution in [3.63, 3.8) is 0 Å². The summed E-state index contributed by atoms with van der Waals surface area (Å²) in [6.45, 7) is -0.214. The number of nitrogens with zero attached hydrogens (tertiary/aromatic N) is 1. The Kier molecular flexibility index (Phi) is 7.67. The van der Waals surface area contributed by atoms with Crippen LogP contribution in [0.5, 0.6) is 11.5 Å². The molecule has 1 saturated heterocycles. The van der Waals surface area contributed by atoms with E-state index in [0.717, 1.165) is 37.1 Å². The fraction of sp³-hybridized carbons (Fsp3) is 0.263. The minimum Gasteiger partial charge on any atom is -0.493 e. The minimum absolute atomic E-state index is 0.0153. The summed E-state index contributed by atoms with van der Waals surface area (Å²) in [6, 6.07) is 26.7. The topological polar surface area (TPSA) is 118 Å². The van der Waals surface area contributed by atoms with Gasteiger partial charge in [-0.2, -0.15) is 0 Å². The molecule has 4 aliphatic rings. The molecule has 9 nitrogen and oxygen atoms in total. The molecular formula is C38H30BrN3O6S2. The molecule has 252 valence electrons. The molecule has 0 radical (unpaired) electrons. The lowest BCUT2D eigenvalue weighted by molar-refractivity contribution is -0.123. The van der Waals surface area contributed by atoms with E-state index in [0.29, 0.717) is 22.9 Å². The first-order valence-electron chi connectivity index (χ1n) is 16.4. The number of methoxy groups -OCH3 is 1. The Morgan fingerprint density at radius 2 is 1.68 bits per heavy atom. The Hall–Kier alpha value is -4.39. The number of aromatic nitrogens is 1. The Labute approximate surface area is 303 Å². The highest BCUT2D eigenvalue weighted by Crippen LogP contribution is 2.68. The number of hydrogen-bond acceptors (Lipinski definition) is 8. The van der Waals surface area contributed by atoms with Crippen LogP contribution in [-0.4, -0.2) is 41.7 Å². The lowest BCUT2D eigenvalue weighted by Gasteiger charge is -2.43. The molecule has 2 aliphatic carbocycles. The summed E-state index contributed by atoms with van der Waals surface area (Å²) in [6.07, 6.45) is 0.795. The van der Waals surface area contributed by atoms with Crippen molar-refractivity contribution in [2.75, 3.05) is 23.9 Å². The second kappa shape index (κ2) is 12.1. The predicted octanol–water partition coefficient (Wildman–Crippen LogP) is 7.06. The van der Waals surface area contributed by atoms with Gasteiger partial charge in [0.15, 0.2) is 18.1 Å². The monoisotopic (exact) mass is 767 g/mol. The average Bonchev–Trinajstić information content (AvgIpc) is 3.86. The van der Waals surface area contributed by atoms with Gasteiger partial charge in [-0.15, -0.1) is 11.8 Å². The highest BCUT2D eigenvalue weighted by atomic mass is 79.9. The number of thioether (sulfide) groups is 1. The number of halogens is 1. The minimum atomic E-state index is -0.400. The Bertz CT molecular complexity index is 2270. The van der Waals surface area contributed by atoms with E-state index in [4.69, 9.17) is 9.47 Å². The summed E-state index contributed by atoms with van der Waals surface area (Å²) in [5.74, 6) is -0.584. The van der Waals surface area contributed by atoms with Crippen LogP contribution in [0.2, 0.25) is 0 Å². The number of ether oxygens (including phenoxy) is 2. The van der Waals surface area contributed by atoms with Crippen molar-refractivity contribution in [1.82, 2.24) is 4.98 Å². The zero-order valence-corrected chi connectivity index (χ0v) is 29.8. The number of carbonyl (C=O) groups excluding carboxylic acids is 3. The molecule has 50 heavy (non-hydrogen) atoms. The van der Waals surface area contributed by atoms with Gasteiger partial charge in [0.1, 0.15) is 0 Å². The quantitative estimate of drug-likeness (QED) is 0.171. The van der Waals surface area contributed by atoms with Crippen LogP contribution in [0.1, 0.15) is 22.8 Å². The number of thiazole rings is 1. The summed E-state index contributed by atoms with van der Waals surface area (Å²) in [5.41, 5.74) is 2.22. The highest BCUT2D eigenvalue weighted by molar-refractivity contribution is 9.10. The summed E-state index contributed by atoms with van der Waals surface area (Å²) in [4.78, 5) is 58.8. The van der Waals surface area contributed by atoms with Gasteiger partial charge in [0.25, 0.3) is 5.91 Å². The number of carbonyl (C=O) groups is 3. The Morgan fingerprint density at radius 1 is 0.920 bits per heavy atom. The van der Waals surface area contributed by atoms with Gasteiger partial charge in [-0.3, -0.25) is 24.1 Å². The molecule has 3 heterocycles. The maximum Gasteiger partial charge on any atom is 0.305 e. The second-order valence-corrected chi connectivity index (χ2v) is 16.4. The van der Waals surface area contributed by atoms with Crippen LogP contribution >= 0.6 is 39.0 Å². The number of benzene rings is 4. The molecule has 3 amide bonds. The number of hydrogen-bond donors (Lipinski definition) is 2.